The normalized spacial score (nSPS) is 18.1. The van der Waals surface area contributed by atoms with Crippen LogP contribution in [-0.2, 0) is 14.8 Å². The quantitative estimate of drug-likeness (QED) is 0.647. The van der Waals surface area contributed by atoms with Crippen LogP contribution < -0.4 is 4.72 Å². The van der Waals surface area contributed by atoms with E-state index in [1.165, 1.54) is 6.42 Å². The van der Waals surface area contributed by atoms with Gasteiger partial charge in [-0.1, -0.05) is 6.07 Å². The van der Waals surface area contributed by atoms with E-state index in [1.807, 2.05) is 18.7 Å². The number of hydrogen-bond donors (Lipinski definition) is 1. The molecule has 2 aliphatic rings. The molecule has 2 saturated heterocycles. The number of aryl methyl sites for hydroxylation is 2. The number of sulfonamides is 1. The molecule has 1 amide bonds. The molecule has 1 N–H and O–H groups in total. The Morgan fingerprint density at radius 2 is 1.65 bits per heavy atom. The van der Waals surface area contributed by atoms with Gasteiger partial charge in [0.2, 0.25) is 0 Å². The summed E-state index contributed by atoms with van der Waals surface area (Å²) in [7, 11) is -3.68. The fourth-order valence-corrected chi connectivity index (χ4v) is 5.72. The molecule has 2 fully saturated rings. The summed E-state index contributed by atoms with van der Waals surface area (Å²) in [6.45, 7) is 10.2. The van der Waals surface area contributed by atoms with E-state index in [2.05, 4.69) is 9.62 Å². The first-order valence-electron chi connectivity index (χ1n) is 12.1. The van der Waals surface area contributed by atoms with E-state index in [1.54, 1.807) is 42.5 Å². The zero-order valence-corrected chi connectivity index (χ0v) is 20.9. The van der Waals surface area contributed by atoms with E-state index < -0.39 is 10.0 Å². The molecule has 184 valence electrons. The van der Waals surface area contributed by atoms with E-state index >= 15 is 0 Å². The second-order valence-electron chi connectivity index (χ2n) is 9.41. The molecule has 0 saturated carbocycles. The third-order valence-electron chi connectivity index (χ3n) is 7.03. The Kier molecular flexibility index (Phi) is 7.91. The van der Waals surface area contributed by atoms with Crippen molar-refractivity contribution in [1.82, 2.24) is 9.80 Å². The summed E-state index contributed by atoms with van der Waals surface area (Å²) in [4.78, 5) is 17.6. The number of nitrogens with one attached hydrogen (secondary N) is 1. The molecule has 2 aromatic carbocycles. The third-order valence-corrected chi connectivity index (χ3v) is 8.41. The molecule has 0 aliphatic carbocycles. The Labute approximate surface area is 203 Å². The monoisotopic (exact) mass is 485 g/mol. The van der Waals surface area contributed by atoms with Crippen LogP contribution >= 0.6 is 0 Å². The predicted octanol–water partition coefficient (Wildman–Crippen LogP) is 3.68. The van der Waals surface area contributed by atoms with E-state index in [0.29, 0.717) is 17.2 Å². The van der Waals surface area contributed by atoms with Gasteiger partial charge in [-0.25, -0.2) is 8.42 Å². The van der Waals surface area contributed by atoms with Gasteiger partial charge >= 0.3 is 0 Å². The number of hydrogen-bond acceptors (Lipinski definition) is 5. The first kappa shape index (κ1) is 24.7. The summed E-state index contributed by atoms with van der Waals surface area (Å²) < 4.78 is 33.5. The zero-order valence-electron chi connectivity index (χ0n) is 20.1. The van der Waals surface area contributed by atoms with Crippen LogP contribution in [0.5, 0.6) is 0 Å². The highest BCUT2D eigenvalue weighted by Gasteiger charge is 2.24. The summed E-state index contributed by atoms with van der Waals surface area (Å²) in [6, 6.07) is 11.8. The largest absolute Gasteiger partial charge is 0.379 e. The van der Waals surface area contributed by atoms with E-state index in [0.717, 1.165) is 69.9 Å². The fraction of sp³-hybridized carbons (Fsp3) is 0.500. The number of benzene rings is 2. The number of amides is 1. The molecule has 0 atom stereocenters. The van der Waals surface area contributed by atoms with Gasteiger partial charge < -0.3 is 9.64 Å². The summed E-state index contributed by atoms with van der Waals surface area (Å²) in [5, 5.41) is 0. The van der Waals surface area contributed by atoms with Crippen molar-refractivity contribution in [1.29, 1.82) is 0 Å². The number of morpholine rings is 1. The molecule has 8 heteroatoms. The number of anilines is 1. The molecule has 2 aliphatic heterocycles. The van der Waals surface area contributed by atoms with Gasteiger partial charge in [-0.05, 0) is 93.1 Å². The minimum Gasteiger partial charge on any atom is -0.379 e. The van der Waals surface area contributed by atoms with E-state index in [4.69, 9.17) is 4.74 Å². The number of carbonyl (C=O) groups is 1. The van der Waals surface area contributed by atoms with Crippen LogP contribution in [0, 0.1) is 19.8 Å². The first-order chi connectivity index (χ1) is 16.3. The molecule has 0 radical (unpaired) electrons. The molecular formula is C26H35N3O4S. The maximum absolute atomic E-state index is 13.0. The van der Waals surface area contributed by atoms with Crippen molar-refractivity contribution in [2.45, 2.75) is 38.0 Å². The zero-order chi connectivity index (χ0) is 24.1. The lowest BCUT2D eigenvalue weighted by atomic mass is 9.93. The van der Waals surface area contributed by atoms with Crippen molar-refractivity contribution < 1.29 is 17.9 Å². The SMILES string of the molecule is Cc1ccc(S(=O)(=O)Nc2ccc(C(=O)N3CCC(CCN4CCOCC4)CC3)cc2)cc1C. The lowest BCUT2D eigenvalue weighted by Crippen LogP contribution is -2.40. The standard InChI is InChI=1S/C26H35N3O4S/c1-20-3-8-25(19-21(20)2)34(31,32)27-24-6-4-23(5-7-24)26(30)29-13-10-22(11-14-29)9-12-28-15-17-33-18-16-28/h3-8,19,22,27H,9-18H2,1-2H3. The van der Waals surface area contributed by atoms with Gasteiger partial charge in [-0.3, -0.25) is 14.4 Å². The second kappa shape index (κ2) is 10.9. The fourth-order valence-electron chi connectivity index (χ4n) is 4.57. The Balaban J connectivity index is 1.29. The van der Waals surface area contributed by atoms with Crippen molar-refractivity contribution in [3.05, 3.63) is 59.2 Å². The third kappa shape index (κ3) is 6.17. The highest BCUT2D eigenvalue weighted by atomic mass is 32.2. The maximum atomic E-state index is 13.0. The molecule has 0 aromatic heterocycles. The second-order valence-corrected chi connectivity index (χ2v) is 11.1. The highest BCUT2D eigenvalue weighted by Crippen LogP contribution is 2.24. The van der Waals surface area contributed by atoms with Gasteiger partial charge in [0.1, 0.15) is 0 Å². The summed E-state index contributed by atoms with van der Waals surface area (Å²) in [5.74, 6) is 0.671. The van der Waals surface area contributed by atoms with E-state index in [9.17, 15) is 13.2 Å². The molecular weight excluding hydrogens is 450 g/mol. The van der Waals surface area contributed by atoms with Crippen LogP contribution in [-0.4, -0.2) is 70.1 Å². The lowest BCUT2D eigenvalue weighted by molar-refractivity contribution is 0.0332. The number of likely N-dealkylation sites (tertiary alicyclic amines) is 1. The molecule has 2 aromatic rings. The Bertz CT molecular complexity index is 1090. The van der Waals surface area contributed by atoms with Crippen LogP contribution in [0.3, 0.4) is 0 Å². The number of rotatable bonds is 7. The summed E-state index contributed by atoms with van der Waals surface area (Å²) in [6.07, 6.45) is 3.24. The van der Waals surface area contributed by atoms with Gasteiger partial charge in [-0.2, -0.15) is 0 Å². The Hall–Kier alpha value is -2.42. The number of piperidine rings is 1. The highest BCUT2D eigenvalue weighted by molar-refractivity contribution is 7.92. The van der Waals surface area contributed by atoms with Crippen LogP contribution in [0.15, 0.2) is 47.4 Å². The minimum absolute atomic E-state index is 0.00944. The first-order valence-corrected chi connectivity index (χ1v) is 13.6. The van der Waals surface area contributed by atoms with Crippen molar-refractivity contribution in [2.24, 2.45) is 5.92 Å². The average Bonchev–Trinajstić information content (AvgIpc) is 2.85. The smallest absolute Gasteiger partial charge is 0.261 e. The molecule has 7 nitrogen and oxygen atoms in total. The van der Waals surface area contributed by atoms with Crippen LogP contribution in [0.1, 0.15) is 40.7 Å². The molecule has 0 unspecified atom stereocenters. The molecule has 34 heavy (non-hydrogen) atoms. The van der Waals surface area contributed by atoms with Gasteiger partial charge in [0.05, 0.1) is 18.1 Å². The topological polar surface area (TPSA) is 79.0 Å². The summed E-state index contributed by atoms with van der Waals surface area (Å²) >= 11 is 0. The maximum Gasteiger partial charge on any atom is 0.261 e. The number of ether oxygens (including phenoxy) is 1. The molecule has 2 heterocycles. The van der Waals surface area contributed by atoms with Crippen LogP contribution in [0.2, 0.25) is 0 Å². The van der Waals surface area contributed by atoms with Crippen molar-refractivity contribution in [3.63, 3.8) is 0 Å². The summed E-state index contributed by atoms with van der Waals surface area (Å²) in [5.41, 5.74) is 2.99. The van der Waals surface area contributed by atoms with Crippen molar-refractivity contribution in [3.8, 4) is 0 Å². The Morgan fingerprint density at radius 3 is 2.29 bits per heavy atom. The van der Waals surface area contributed by atoms with E-state index in [-0.39, 0.29) is 10.8 Å². The predicted molar refractivity (Wildman–Crippen MR) is 134 cm³/mol. The number of carbonyl (C=O) groups excluding carboxylic acids is 1. The number of nitrogens with zero attached hydrogens (tertiary/aromatic N) is 2. The van der Waals surface area contributed by atoms with Crippen LogP contribution in [0.25, 0.3) is 0 Å². The Morgan fingerprint density at radius 1 is 0.971 bits per heavy atom. The van der Waals surface area contributed by atoms with Crippen molar-refractivity contribution in [2.75, 3.05) is 50.7 Å². The van der Waals surface area contributed by atoms with Gasteiger partial charge in [-0.15, -0.1) is 0 Å². The molecule has 0 bridgehead atoms. The lowest BCUT2D eigenvalue weighted by Gasteiger charge is -2.34. The van der Waals surface area contributed by atoms with Gasteiger partial charge in [0.15, 0.2) is 0 Å². The molecule has 4 rings (SSSR count). The van der Waals surface area contributed by atoms with Gasteiger partial charge in [0, 0.05) is 37.4 Å². The van der Waals surface area contributed by atoms with Crippen LogP contribution in [0.4, 0.5) is 5.69 Å². The minimum atomic E-state index is -3.68. The molecule has 0 spiro atoms. The van der Waals surface area contributed by atoms with Gasteiger partial charge in [0.25, 0.3) is 15.9 Å². The average molecular weight is 486 g/mol. The van der Waals surface area contributed by atoms with Crippen molar-refractivity contribution >= 4 is 21.6 Å².